The van der Waals surface area contributed by atoms with E-state index in [0.717, 1.165) is 16.5 Å². The smallest absolute Gasteiger partial charge is 0.337 e. The first kappa shape index (κ1) is 27.2. The van der Waals surface area contributed by atoms with E-state index in [9.17, 15) is 14.4 Å². The zero-order valence-corrected chi connectivity index (χ0v) is 22.6. The number of carbonyl (C=O) groups is 3. The molecule has 1 atom stereocenters. The lowest BCUT2D eigenvalue weighted by molar-refractivity contribution is -0.135. The SMILES string of the molecule is COC(=O)c1ccc(ON2CCC[C@@H]2C(=O)Cc2ccc(NC(=O)Nc3ccccc3Br)c(OC)c2)cc1. The summed E-state index contributed by atoms with van der Waals surface area (Å²) in [5, 5.41) is 7.25. The molecule has 0 aromatic heterocycles. The van der Waals surface area contributed by atoms with E-state index in [1.807, 2.05) is 18.2 Å². The van der Waals surface area contributed by atoms with Crippen LogP contribution in [0.4, 0.5) is 16.2 Å². The maximum Gasteiger partial charge on any atom is 0.337 e. The highest BCUT2D eigenvalue weighted by Gasteiger charge is 2.32. The summed E-state index contributed by atoms with van der Waals surface area (Å²) in [6.45, 7) is 0.619. The van der Waals surface area contributed by atoms with Gasteiger partial charge in [-0.05, 0) is 82.9 Å². The summed E-state index contributed by atoms with van der Waals surface area (Å²) in [5.41, 5.74) is 2.30. The standard InChI is InChI=1S/C28H28BrN3O6/c1-36-26-17-18(9-14-23(26)31-28(35)30-22-7-4-3-6-21(22)29)16-25(33)24-8-5-15-32(24)38-20-12-10-19(11-13-20)27(34)37-2/h3-4,6-7,9-14,17,24H,5,8,15-16H2,1-2H3,(H2,30,31,35)/t24-/m1/s1. The van der Waals surface area contributed by atoms with Crippen molar-refractivity contribution in [3.63, 3.8) is 0 Å². The summed E-state index contributed by atoms with van der Waals surface area (Å²) in [4.78, 5) is 43.3. The number of rotatable bonds is 9. The van der Waals surface area contributed by atoms with Crippen LogP contribution < -0.4 is 20.2 Å². The Labute approximate surface area is 229 Å². The van der Waals surface area contributed by atoms with Gasteiger partial charge in [-0.25, -0.2) is 9.59 Å². The third-order valence-corrected chi connectivity index (χ3v) is 6.78. The summed E-state index contributed by atoms with van der Waals surface area (Å²) in [6.07, 6.45) is 1.70. The molecule has 198 valence electrons. The van der Waals surface area contributed by atoms with Gasteiger partial charge in [0.1, 0.15) is 17.5 Å². The van der Waals surface area contributed by atoms with Gasteiger partial charge in [-0.1, -0.05) is 18.2 Å². The van der Waals surface area contributed by atoms with E-state index in [0.29, 0.717) is 41.4 Å². The number of nitrogens with one attached hydrogen (secondary N) is 2. The van der Waals surface area contributed by atoms with Crippen molar-refractivity contribution >= 4 is 45.1 Å². The van der Waals surface area contributed by atoms with Gasteiger partial charge in [-0.3, -0.25) is 4.79 Å². The van der Waals surface area contributed by atoms with Gasteiger partial charge in [0.15, 0.2) is 5.78 Å². The molecule has 3 aromatic rings. The zero-order valence-electron chi connectivity index (χ0n) is 21.0. The predicted octanol–water partition coefficient (Wildman–Crippen LogP) is 5.46. The fraction of sp³-hybridized carbons (Fsp3) is 0.250. The Kier molecular flexibility index (Phi) is 8.98. The predicted molar refractivity (Wildman–Crippen MR) is 147 cm³/mol. The number of para-hydroxylation sites is 1. The van der Waals surface area contributed by atoms with Crippen LogP contribution in [-0.2, 0) is 16.0 Å². The Balaban J connectivity index is 1.37. The topological polar surface area (TPSA) is 106 Å². The lowest BCUT2D eigenvalue weighted by atomic mass is 10.0. The van der Waals surface area contributed by atoms with Crippen LogP contribution in [0, 0.1) is 0 Å². The quantitative estimate of drug-likeness (QED) is 0.323. The van der Waals surface area contributed by atoms with Crippen molar-refractivity contribution in [2.45, 2.75) is 25.3 Å². The number of urea groups is 1. The summed E-state index contributed by atoms with van der Waals surface area (Å²) in [7, 11) is 2.84. The number of hydrogen-bond acceptors (Lipinski definition) is 7. The monoisotopic (exact) mass is 581 g/mol. The number of carbonyl (C=O) groups excluding carboxylic acids is 3. The highest BCUT2D eigenvalue weighted by atomic mass is 79.9. The molecule has 0 unspecified atom stereocenters. The largest absolute Gasteiger partial charge is 0.495 e. The molecule has 2 N–H and O–H groups in total. The Bertz CT molecular complexity index is 1310. The summed E-state index contributed by atoms with van der Waals surface area (Å²) < 4.78 is 11.0. The Hall–Kier alpha value is -3.89. The Morgan fingerprint density at radius 2 is 1.71 bits per heavy atom. The van der Waals surface area contributed by atoms with Gasteiger partial charge in [0.2, 0.25) is 0 Å². The van der Waals surface area contributed by atoms with Crippen LogP contribution in [-0.4, -0.2) is 49.7 Å². The van der Waals surface area contributed by atoms with E-state index in [2.05, 4.69) is 26.6 Å². The van der Waals surface area contributed by atoms with Crippen LogP contribution in [0.5, 0.6) is 11.5 Å². The number of Topliss-reactive ketones (excluding diaryl/α,β-unsaturated/α-hetero) is 1. The second-order valence-corrected chi connectivity index (χ2v) is 9.50. The molecule has 9 nitrogen and oxygen atoms in total. The number of anilines is 2. The van der Waals surface area contributed by atoms with Crippen molar-refractivity contribution in [1.82, 2.24) is 5.06 Å². The second-order valence-electron chi connectivity index (χ2n) is 8.64. The molecule has 10 heteroatoms. The average Bonchev–Trinajstić information content (AvgIpc) is 3.39. The molecular formula is C28H28BrN3O6. The number of benzene rings is 3. The second kappa shape index (κ2) is 12.6. The van der Waals surface area contributed by atoms with E-state index >= 15 is 0 Å². The van der Waals surface area contributed by atoms with Gasteiger partial charge in [0, 0.05) is 17.4 Å². The summed E-state index contributed by atoms with van der Waals surface area (Å²) in [5.74, 6) is 0.577. The maximum absolute atomic E-state index is 13.2. The molecule has 4 rings (SSSR count). The molecule has 1 saturated heterocycles. The first-order valence-corrected chi connectivity index (χ1v) is 12.8. The fourth-order valence-electron chi connectivity index (χ4n) is 4.18. The van der Waals surface area contributed by atoms with Crippen molar-refractivity contribution in [3.8, 4) is 11.5 Å². The van der Waals surface area contributed by atoms with E-state index in [4.69, 9.17) is 14.3 Å². The highest BCUT2D eigenvalue weighted by Crippen LogP contribution is 2.28. The van der Waals surface area contributed by atoms with Crippen molar-refractivity contribution in [2.24, 2.45) is 0 Å². The van der Waals surface area contributed by atoms with Gasteiger partial charge in [-0.2, -0.15) is 0 Å². The molecule has 0 bridgehead atoms. The van der Waals surface area contributed by atoms with Gasteiger partial charge in [0.25, 0.3) is 0 Å². The molecule has 3 aromatic carbocycles. The first-order valence-electron chi connectivity index (χ1n) is 12.0. The number of nitrogens with zero attached hydrogens (tertiary/aromatic N) is 1. The minimum absolute atomic E-state index is 0.0168. The van der Waals surface area contributed by atoms with Crippen LogP contribution in [0.15, 0.2) is 71.2 Å². The number of amides is 2. The highest BCUT2D eigenvalue weighted by molar-refractivity contribution is 9.10. The minimum Gasteiger partial charge on any atom is -0.495 e. The molecular weight excluding hydrogens is 554 g/mol. The first-order chi connectivity index (χ1) is 18.4. The van der Waals surface area contributed by atoms with E-state index in [-0.39, 0.29) is 12.2 Å². The van der Waals surface area contributed by atoms with Crippen LogP contribution in [0.25, 0.3) is 0 Å². The van der Waals surface area contributed by atoms with E-state index < -0.39 is 18.0 Å². The number of halogens is 1. The van der Waals surface area contributed by atoms with Crippen LogP contribution >= 0.6 is 15.9 Å². The van der Waals surface area contributed by atoms with E-state index in [1.165, 1.54) is 14.2 Å². The lowest BCUT2D eigenvalue weighted by Crippen LogP contribution is -2.39. The minimum atomic E-state index is -0.424. The molecule has 1 heterocycles. The number of esters is 1. The number of hydroxylamine groups is 2. The molecule has 2 amide bonds. The van der Waals surface area contributed by atoms with Crippen LogP contribution in [0.1, 0.15) is 28.8 Å². The zero-order chi connectivity index (χ0) is 27.1. The van der Waals surface area contributed by atoms with Crippen LogP contribution in [0.2, 0.25) is 0 Å². The number of methoxy groups -OCH3 is 2. The molecule has 0 radical (unpaired) electrons. The third kappa shape index (κ3) is 6.70. The lowest BCUT2D eigenvalue weighted by Gasteiger charge is -2.23. The normalized spacial score (nSPS) is 15.0. The molecule has 1 aliphatic rings. The molecule has 0 spiro atoms. The van der Waals surface area contributed by atoms with Crippen molar-refractivity contribution in [1.29, 1.82) is 0 Å². The summed E-state index contributed by atoms with van der Waals surface area (Å²) >= 11 is 3.40. The fourth-order valence-corrected chi connectivity index (χ4v) is 4.57. The summed E-state index contributed by atoms with van der Waals surface area (Å²) in [6, 6.07) is 18.3. The number of ether oxygens (including phenoxy) is 2. The average molecular weight is 582 g/mol. The maximum atomic E-state index is 13.2. The van der Waals surface area contributed by atoms with Gasteiger partial charge < -0.3 is 24.9 Å². The van der Waals surface area contributed by atoms with Crippen molar-refractivity contribution in [2.75, 3.05) is 31.4 Å². The molecule has 1 fully saturated rings. The molecule has 0 aliphatic carbocycles. The number of ketones is 1. The van der Waals surface area contributed by atoms with Crippen molar-refractivity contribution < 1.29 is 28.7 Å². The molecule has 38 heavy (non-hydrogen) atoms. The van der Waals surface area contributed by atoms with Gasteiger partial charge in [0.05, 0.1) is 31.2 Å². The van der Waals surface area contributed by atoms with Crippen molar-refractivity contribution in [3.05, 3.63) is 82.3 Å². The van der Waals surface area contributed by atoms with Crippen LogP contribution in [0.3, 0.4) is 0 Å². The van der Waals surface area contributed by atoms with Gasteiger partial charge in [-0.15, -0.1) is 5.06 Å². The van der Waals surface area contributed by atoms with Gasteiger partial charge >= 0.3 is 12.0 Å². The Morgan fingerprint density at radius 3 is 2.42 bits per heavy atom. The third-order valence-electron chi connectivity index (χ3n) is 6.09. The Morgan fingerprint density at radius 1 is 0.974 bits per heavy atom. The number of hydrogen-bond donors (Lipinski definition) is 2. The molecule has 1 aliphatic heterocycles. The molecule has 0 saturated carbocycles. The van der Waals surface area contributed by atoms with E-state index in [1.54, 1.807) is 53.6 Å².